The molecule has 16 heavy (non-hydrogen) atoms. The smallest absolute Gasteiger partial charge is 0.347 e. The molecule has 0 spiro atoms. The number of thiazole rings is 1. The summed E-state index contributed by atoms with van der Waals surface area (Å²) in [6, 6.07) is 0. The lowest BCUT2D eigenvalue weighted by Crippen LogP contribution is -1.97. The minimum absolute atomic E-state index is 0.423. The van der Waals surface area contributed by atoms with Crippen molar-refractivity contribution < 1.29 is 9.90 Å². The highest BCUT2D eigenvalue weighted by Gasteiger charge is 2.31. The van der Waals surface area contributed by atoms with Crippen LogP contribution in [0.15, 0.2) is 0 Å². The van der Waals surface area contributed by atoms with E-state index in [0.717, 1.165) is 41.5 Å². The number of thioether (sulfide) groups is 1. The first kappa shape index (κ1) is 11.9. The van der Waals surface area contributed by atoms with Crippen LogP contribution in [0.4, 0.5) is 0 Å². The van der Waals surface area contributed by atoms with Crippen molar-refractivity contribution in [2.45, 2.75) is 37.9 Å². The molecule has 0 amide bonds. The Morgan fingerprint density at radius 1 is 1.62 bits per heavy atom. The normalized spacial score (nSPS) is 15.3. The third-order valence-corrected chi connectivity index (χ3v) is 4.85. The number of hydrogen-bond acceptors (Lipinski definition) is 4. The van der Waals surface area contributed by atoms with Crippen molar-refractivity contribution in [1.29, 1.82) is 0 Å². The molecule has 1 aromatic heterocycles. The summed E-state index contributed by atoms with van der Waals surface area (Å²) >= 11 is 3.18. The van der Waals surface area contributed by atoms with Crippen molar-refractivity contribution >= 4 is 29.1 Å². The summed E-state index contributed by atoms with van der Waals surface area (Å²) in [5.74, 6) is 1.57. The van der Waals surface area contributed by atoms with E-state index in [-0.39, 0.29) is 0 Å². The highest BCUT2D eigenvalue weighted by Crippen LogP contribution is 2.43. The second kappa shape index (κ2) is 5.19. The van der Waals surface area contributed by atoms with Crippen LogP contribution < -0.4 is 0 Å². The zero-order valence-corrected chi connectivity index (χ0v) is 10.9. The molecule has 0 saturated heterocycles. The van der Waals surface area contributed by atoms with Crippen molar-refractivity contribution in [2.24, 2.45) is 0 Å². The van der Waals surface area contributed by atoms with Gasteiger partial charge in [-0.15, -0.1) is 11.3 Å². The van der Waals surface area contributed by atoms with Gasteiger partial charge in [-0.05, 0) is 25.0 Å². The highest BCUT2D eigenvalue weighted by atomic mass is 32.2. The van der Waals surface area contributed by atoms with Crippen molar-refractivity contribution in [3.63, 3.8) is 0 Å². The maximum atomic E-state index is 11.1. The number of aromatic carboxylic acids is 1. The number of carbonyl (C=O) groups is 1. The van der Waals surface area contributed by atoms with Gasteiger partial charge in [0.15, 0.2) is 0 Å². The fraction of sp³-hybridized carbons (Fsp3) is 0.636. The van der Waals surface area contributed by atoms with Crippen molar-refractivity contribution in [3.8, 4) is 0 Å². The Morgan fingerprint density at radius 2 is 2.38 bits per heavy atom. The second-order valence-corrected chi connectivity index (χ2v) is 6.14. The standard InChI is InChI=1S/C11H15NO2S2/c1-2-5-15-6-8-12-9(7-3-4-7)10(16-8)11(13)14/h7H,2-6H2,1H3,(H,13,14). The zero-order valence-electron chi connectivity index (χ0n) is 9.23. The molecule has 0 radical (unpaired) electrons. The summed E-state index contributed by atoms with van der Waals surface area (Å²) in [4.78, 5) is 16.0. The Balaban J connectivity index is 2.08. The summed E-state index contributed by atoms with van der Waals surface area (Å²) in [6.07, 6.45) is 3.36. The first-order valence-electron chi connectivity index (χ1n) is 5.53. The van der Waals surface area contributed by atoms with E-state index in [1.807, 2.05) is 11.8 Å². The maximum Gasteiger partial charge on any atom is 0.347 e. The van der Waals surface area contributed by atoms with E-state index in [1.165, 1.54) is 11.3 Å². The monoisotopic (exact) mass is 257 g/mol. The molecule has 0 unspecified atom stereocenters. The molecule has 5 heteroatoms. The average molecular weight is 257 g/mol. The molecule has 1 fully saturated rings. The van der Waals surface area contributed by atoms with Crippen LogP contribution in [0.3, 0.4) is 0 Å². The minimum Gasteiger partial charge on any atom is -0.477 e. The van der Waals surface area contributed by atoms with Crippen LogP contribution in [0, 0.1) is 0 Å². The Hall–Kier alpha value is -0.550. The van der Waals surface area contributed by atoms with Gasteiger partial charge < -0.3 is 5.11 Å². The Bertz CT molecular complexity index is 385. The molecule has 0 aromatic carbocycles. The molecule has 1 aliphatic carbocycles. The number of aromatic nitrogens is 1. The molecule has 1 saturated carbocycles. The second-order valence-electron chi connectivity index (χ2n) is 3.95. The molecule has 1 heterocycles. The Morgan fingerprint density at radius 3 is 2.94 bits per heavy atom. The van der Waals surface area contributed by atoms with Gasteiger partial charge in [0.05, 0.1) is 5.69 Å². The molecule has 0 atom stereocenters. The SMILES string of the molecule is CCCSCc1nc(C2CC2)c(C(=O)O)s1. The van der Waals surface area contributed by atoms with Crippen LogP contribution in [0.25, 0.3) is 0 Å². The molecule has 1 N–H and O–H groups in total. The highest BCUT2D eigenvalue weighted by molar-refractivity contribution is 7.98. The molecule has 2 rings (SSSR count). The number of carboxylic acids is 1. The van der Waals surface area contributed by atoms with Crippen LogP contribution in [0.1, 0.15) is 52.5 Å². The van der Waals surface area contributed by atoms with Crippen molar-refractivity contribution in [1.82, 2.24) is 4.98 Å². The fourth-order valence-electron chi connectivity index (χ4n) is 1.53. The van der Waals surface area contributed by atoms with Gasteiger partial charge in [0.25, 0.3) is 0 Å². The third-order valence-electron chi connectivity index (χ3n) is 2.43. The van der Waals surface area contributed by atoms with Gasteiger partial charge in [-0.1, -0.05) is 6.92 Å². The number of rotatable bonds is 6. The molecular formula is C11H15NO2S2. The van der Waals surface area contributed by atoms with E-state index in [1.54, 1.807) is 0 Å². The van der Waals surface area contributed by atoms with Gasteiger partial charge in [0.2, 0.25) is 0 Å². The van der Waals surface area contributed by atoms with Crippen LogP contribution >= 0.6 is 23.1 Å². The largest absolute Gasteiger partial charge is 0.477 e. The topological polar surface area (TPSA) is 50.2 Å². The third kappa shape index (κ3) is 2.77. The first-order valence-corrected chi connectivity index (χ1v) is 7.50. The fourth-order valence-corrected chi connectivity index (χ4v) is 3.47. The number of nitrogens with zero attached hydrogens (tertiary/aromatic N) is 1. The lowest BCUT2D eigenvalue weighted by molar-refractivity contribution is 0.0700. The number of hydrogen-bond donors (Lipinski definition) is 1. The van der Waals surface area contributed by atoms with E-state index in [4.69, 9.17) is 5.11 Å². The Labute approximate surface area is 103 Å². The van der Waals surface area contributed by atoms with Gasteiger partial charge in [-0.25, -0.2) is 9.78 Å². The van der Waals surface area contributed by atoms with Crippen LogP contribution in [0.2, 0.25) is 0 Å². The zero-order chi connectivity index (χ0) is 11.5. The summed E-state index contributed by atoms with van der Waals surface area (Å²) in [6.45, 7) is 2.15. The van der Waals surface area contributed by atoms with Gasteiger partial charge in [-0.3, -0.25) is 0 Å². The molecule has 3 nitrogen and oxygen atoms in total. The quantitative estimate of drug-likeness (QED) is 0.794. The molecule has 88 valence electrons. The molecule has 0 bridgehead atoms. The molecular weight excluding hydrogens is 242 g/mol. The molecule has 1 aromatic rings. The summed E-state index contributed by atoms with van der Waals surface area (Å²) in [7, 11) is 0. The molecule has 0 aliphatic heterocycles. The Kier molecular flexibility index (Phi) is 3.86. The van der Waals surface area contributed by atoms with Gasteiger partial charge >= 0.3 is 5.97 Å². The van der Waals surface area contributed by atoms with E-state index >= 15 is 0 Å². The van der Waals surface area contributed by atoms with Crippen LogP contribution in [-0.2, 0) is 5.75 Å². The predicted octanol–water partition coefficient (Wildman–Crippen LogP) is 3.36. The maximum absolute atomic E-state index is 11.1. The van der Waals surface area contributed by atoms with Gasteiger partial charge in [0, 0.05) is 11.7 Å². The van der Waals surface area contributed by atoms with E-state index in [2.05, 4.69) is 11.9 Å². The van der Waals surface area contributed by atoms with Crippen LogP contribution in [-0.4, -0.2) is 21.8 Å². The van der Waals surface area contributed by atoms with E-state index in [9.17, 15) is 4.79 Å². The minimum atomic E-state index is -0.814. The predicted molar refractivity (Wildman–Crippen MR) is 67.5 cm³/mol. The molecule has 1 aliphatic rings. The van der Waals surface area contributed by atoms with Gasteiger partial charge in [-0.2, -0.15) is 11.8 Å². The van der Waals surface area contributed by atoms with Gasteiger partial charge in [0.1, 0.15) is 9.88 Å². The lowest BCUT2D eigenvalue weighted by atomic mass is 10.2. The van der Waals surface area contributed by atoms with Crippen LogP contribution in [0.5, 0.6) is 0 Å². The van der Waals surface area contributed by atoms with E-state index in [0.29, 0.717) is 10.8 Å². The van der Waals surface area contributed by atoms with Crippen molar-refractivity contribution in [3.05, 3.63) is 15.6 Å². The average Bonchev–Trinajstić information content (AvgIpc) is 3.00. The lowest BCUT2D eigenvalue weighted by Gasteiger charge is -1.94. The van der Waals surface area contributed by atoms with E-state index < -0.39 is 5.97 Å². The first-order chi connectivity index (χ1) is 7.72. The summed E-state index contributed by atoms with van der Waals surface area (Å²) in [5.41, 5.74) is 0.838. The summed E-state index contributed by atoms with van der Waals surface area (Å²) in [5, 5.41) is 10.1. The number of carboxylic acid groups (broad SMARTS) is 1. The summed E-state index contributed by atoms with van der Waals surface area (Å²) < 4.78 is 0. The van der Waals surface area contributed by atoms with Crippen molar-refractivity contribution in [2.75, 3.05) is 5.75 Å².